The summed E-state index contributed by atoms with van der Waals surface area (Å²) in [6.07, 6.45) is 8.54. The van der Waals surface area contributed by atoms with Gasteiger partial charge in [0, 0.05) is 19.1 Å². The molecule has 0 aromatic heterocycles. The molecule has 0 aromatic rings. The number of hydrogen-bond donors (Lipinski definition) is 1. The lowest BCUT2D eigenvalue weighted by molar-refractivity contribution is -0.155. The SMILES string of the molecule is CC1(C(=O)O)CCCC1N1CC2(CCCC2)C1. The predicted molar refractivity (Wildman–Crippen MR) is 65.9 cm³/mol. The van der Waals surface area contributed by atoms with Crippen LogP contribution in [0.5, 0.6) is 0 Å². The highest BCUT2D eigenvalue weighted by atomic mass is 16.4. The van der Waals surface area contributed by atoms with Crippen molar-refractivity contribution in [3.05, 3.63) is 0 Å². The average Bonchev–Trinajstić information content (AvgIpc) is 2.82. The van der Waals surface area contributed by atoms with Crippen LogP contribution in [0, 0.1) is 10.8 Å². The molecule has 17 heavy (non-hydrogen) atoms. The standard InChI is InChI=1S/C14H23NO2/c1-13(12(16)17)6-4-5-11(13)15-9-14(10-15)7-2-3-8-14/h11H,2-10H2,1H3,(H,16,17). The molecular weight excluding hydrogens is 214 g/mol. The van der Waals surface area contributed by atoms with Crippen molar-refractivity contribution in [3.63, 3.8) is 0 Å². The molecule has 0 amide bonds. The molecule has 3 heteroatoms. The fraction of sp³-hybridized carbons (Fsp3) is 0.929. The fourth-order valence-electron chi connectivity index (χ4n) is 4.46. The molecule has 96 valence electrons. The molecule has 1 heterocycles. The van der Waals surface area contributed by atoms with Gasteiger partial charge in [0.05, 0.1) is 5.41 Å². The monoisotopic (exact) mass is 237 g/mol. The third-order valence-electron chi connectivity index (χ3n) is 5.58. The van der Waals surface area contributed by atoms with Crippen molar-refractivity contribution in [3.8, 4) is 0 Å². The van der Waals surface area contributed by atoms with Crippen LogP contribution in [0.1, 0.15) is 51.9 Å². The van der Waals surface area contributed by atoms with Gasteiger partial charge >= 0.3 is 5.97 Å². The first-order chi connectivity index (χ1) is 8.06. The fourth-order valence-corrected chi connectivity index (χ4v) is 4.46. The van der Waals surface area contributed by atoms with Gasteiger partial charge in [0.2, 0.25) is 0 Å². The summed E-state index contributed by atoms with van der Waals surface area (Å²) in [7, 11) is 0. The zero-order chi connectivity index (χ0) is 12.1. The third kappa shape index (κ3) is 1.62. The number of aliphatic carboxylic acids is 1. The molecule has 3 fully saturated rings. The van der Waals surface area contributed by atoms with Gasteiger partial charge in [-0.25, -0.2) is 0 Å². The zero-order valence-electron chi connectivity index (χ0n) is 10.7. The van der Waals surface area contributed by atoms with Crippen molar-refractivity contribution < 1.29 is 9.90 Å². The number of carboxylic acid groups (broad SMARTS) is 1. The minimum atomic E-state index is -0.590. The van der Waals surface area contributed by atoms with Gasteiger partial charge in [-0.15, -0.1) is 0 Å². The number of carbonyl (C=O) groups is 1. The first-order valence-electron chi connectivity index (χ1n) is 7.03. The first kappa shape index (κ1) is 11.5. The van der Waals surface area contributed by atoms with E-state index >= 15 is 0 Å². The molecule has 3 nitrogen and oxygen atoms in total. The summed E-state index contributed by atoms with van der Waals surface area (Å²) in [5.41, 5.74) is 0.0994. The van der Waals surface area contributed by atoms with Gasteiger partial charge in [-0.1, -0.05) is 19.3 Å². The van der Waals surface area contributed by atoms with E-state index in [4.69, 9.17) is 0 Å². The van der Waals surface area contributed by atoms with Crippen molar-refractivity contribution in [2.75, 3.05) is 13.1 Å². The number of rotatable bonds is 2. The van der Waals surface area contributed by atoms with Crippen molar-refractivity contribution in [2.24, 2.45) is 10.8 Å². The Morgan fingerprint density at radius 2 is 1.82 bits per heavy atom. The van der Waals surface area contributed by atoms with E-state index in [1.54, 1.807) is 0 Å². The van der Waals surface area contributed by atoms with Crippen LogP contribution in [0.2, 0.25) is 0 Å². The summed E-state index contributed by atoms with van der Waals surface area (Å²) in [6, 6.07) is 0.297. The van der Waals surface area contributed by atoms with Gasteiger partial charge in [0.25, 0.3) is 0 Å². The molecule has 0 aromatic carbocycles. The Morgan fingerprint density at radius 1 is 1.18 bits per heavy atom. The summed E-state index contributed by atoms with van der Waals surface area (Å²) < 4.78 is 0. The van der Waals surface area contributed by atoms with E-state index in [9.17, 15) is 9.90 Å². The molecule has 0 radical (unpaired) electrons. The van der Waals surface area contributed by atoms with Crippen LogP contribution >= 0.6 is 0 Å². The quantitative estimate of drug-likeness (QED) is 0.802. The van der Waals surface area contributed by atoms with Crippen molar-refractivity contribution in [1.82, 2.24) is 4.90 Å². The Hall–Kier alpha value is -0.570. The van der Waals surface area contributed by atoms with E-state index in [1.807, 2.05) is 6.92 Å². The second-order valence-corrected chi connectivity index (χ2v) is 6.74. The molecule has 3 rings (SSSR count). The molecule has 3 aliphatic rings. The van der Waals surface area contributed by atoms with Gasteiger partial charge < -0.3 is 5.11 Å². The van der Waals surface area contributed by atoms with Gasteiger partial charge in [0.1, 0.15) is 0 Å². The molecule has 0 bridgehead atoms. The van der Waals surface area contributed by atoms with Crippen LogP contribution in [-0.4, -0.2) is 35.1 Å². The molecule has 2 unspecified atom stereocenters. The summed E-state index contributed by atoms with van der Waals surface area (Å²) >= 11 is 0. The van der Waals surface area contributed by atoms with Gasteiger partial charge in [0.15, 0.2) is 0 Å². The highest BCUT2D eigenvalue weighted by Gasteiger charge is 2.54. The molecule has 1 N–H and O–H groups in total. The van der Waals surface area contributed by atoms with Crippen LogP contribution in [0.3, 0.4) is 0 Å². The van der Waals surface area contributed by atoms with Crippen LogP contribution < -0.4 is 0 Å². The lowest BCUT2D eigenvalue weighted by atomic mass is 9.74. The summed E-state index contributed by atoms with van der Waals surface area (Å²) in [4.78, 5) is 13.9. The number of hydrogen-bond acceptors (Lipinski definition) is 2. The van der Waals surface area contributed by atoms with E-state index in [2.05, 4.69) is 4.90 Å². The van der Waals surface area contributed by atoms with Crippen LogP contribution in [0.25, 0.3) is 0 Å². The van der Waals surface area contributed by atoms with Gasteiger partial charge in [-0.2, -0.15) is 0 Å². The maximum absolute atomic E-state index is 11.5. The molecular formula is C14H23NO2. The smallest absolute Gasteiger partial charge is 0.310 e. The van der Waals surface area contributed by atoms with E-state index in [1.165, 1.54) is 38.8 Å². The van der Waals surface area contributed by atoms with E-state index in [0.29, 0.717) is 11.5 Å². The lowest BCUT2D eigenvalue weighted by Crippen LogP contribution is -2.62. The molecule has 1 aliphatic heterocycles. The van der Waals surface area contributed by atoms with E-state index < -0.39 is 11.4 Å². The van der Waals surface area contributed by atoms with Gasteiger partial charge in [-0.05, 0) is 38.0 Å². The number of carboxylic acids is 1. The lowest BCUT2D eigenvalue weighted by Gasteiger charge is -2.53. The second-order valence-electron chi connectivity index (χ2n) is 6.74. The molecule has 2 aliphatic carbocycles. The molecule has 2 atom stereocenters. The largest absolute Gasteiger partial charge is 0.481 e. The van der Waals surface area contributed by atoms with Crippen molar-refractivity contribution in [1.29, 1.82) is 0 Å². The van der Waals surface area contributed by atoms with E-state index in [-0.39, 0.29) is 0 Å². The molecule has 1 saturated heterocycles. The Kier molecular flexibility index (Phi) is 2.51. The summed E-state index contributed by atoms with van der Waals surface area (Å²) in [5, 5.41) is 9.44. The topological polar surface area (TPSA) is 40.5 Å². The minimum absolute atomic E-state index is 0.297. The highest BCUT2D eigenvalue weighted by Crippen LogP contribution is 2.51. The zero-order valence-corrected chi connectivity index (χ0v) is 10.7. The van der Waals surface area contributed by atoms with Crippen molar-refractivity contribution in [2.45, 2.75) is 57.9 Å². The van der Waals surface area contributed by atoms with Crippen LogP contribution in [0.15, 0.2) is 0 Å². The normalized spacial score (nSPS) is 40.6. The molecule has 1 spiro atoms. The Morgan fingerprint density at radius 3 is 2.41 bits per heavy atom. The maximum Gasteiger partial charge on any atom is 0.310 e. The average molecular weight is 237 g/mol. The molecule has 2 saturated carbocycles. The van der Waals surface area contributed by atoms with Crippen molar-refractivity contribution >= 4 is 5.97 Å². The Labute approximate surface area is 103 Å². The Bertz CT molecular complexity index is 327. The third-order valence-corrected chi connectivity index (χ3v) is 5.58. The summed E-state index contributed by atoms with van der Waals surface area (Å²) in [5.74, 6) is -0.590. The number of nitrogens with zero attached hydrogens (tertiary/aromatic N) is 1. The maximum atomic E-state index is 11.5. The first-order valence-corrected chi connectivity index (χ1v) is 7.03. The Balaban J connectivity index is 1.68. The second kappa shape index (κ2) is 3.71. The number of likely N-dealkylation sites (tertiary alicyclic amines) is 1. The van der Waals surface area contributed by atoms with Crippen LogP contribution in [-0.2, 0) is 4.79 Å². The predicted octanol–water partition coefficient (Wildman–Crippen LogP) is 2.51. The highest BCUT2D eigenvalue weighted by molar-refractivity contribution is 5.75. The minimum Gasteiger partial charge on any atom is -0.481 e. The van der Waals surface area contributed by atoms with Gasteiger partial charge in [-0.3, -0.25) is 9.69 Å². The summed E-state index contributed by atoms with van der Waals surface area (Å²) in [6.45, 7) is 4.29. The van der Waals surface area contributed by atoms with E-state index in [0.717, 1.165) is 19.3 Å². The van der Waals surface area contributed by atoms with Crippen LogP contribution in [0.4, 0.5) is 0 Å².